The summed E-state index contributed by atoms with van der Waals surface area (Å²) in [5, 5.41) is 11.7. The van der Waals surface area contributed by atoms with Crippen LogP contribution < -0.4 is 16.2 Å². The van der Waals surface area contributed by atoms with Gasteiger partial charge >= 0.3 is 17.1 Å². The summed E-state index contributed by atoms with van der Waals surface area (Å²) >= 11 is 9.95. The van der Waals surface area contributed by atoms with E-state index in [0.29, 0.717) is 10.8 Å². The molecule has 1 aromatic heterocycles. The summed E-state index contributed by atoms with van der Waals surface area (Å²) in [6.07, 6.45) is 3.10. The Labute approximate surface area is 173 Å². The van der Waals surface area contributed by atoms with Crippen LogP contribution in [0.15, 0.2) is 62.3 Å². The summed E-state index contributed by atoms with van der Waals surface area (Å²) in [5.74, 6) is 0.721. The fourth-order valence-electron chi connectivity index (χ4n) is 1.76. The maximum atomic E-state index is 5.63. The molecule has 1 aromatic carbocycles. The van der Waals surface area contributed by atoms with E-state index in [2.05, 4.69) is 31.4 Å². The molecule has 7 nitrogen and oxygen atoms in total. The molecule has 0 aliphatic rings. The van der Waals surface area contributed by atoms with Crippen LogP contribution >= 0.6 is 12.2 Å². The van der Waals surface area contributed by atoms with Gasteiger partial charge in [0.05, 0.1) is 6.21 Å². The van der Waals surface area contributed by atoms with Crippen LogP contribution in [-0.2, 0) is 29.7 Å². The molecular formula is C16H17CuN6OS2. The van der Waals surface area contributed by atoms with Crippen LogP contribution in [0.1, 0.15) is 5.56 Å². The smallest absolute Gasteiger partial charge is 0.741 e. The zero-order valence-electron chi connectivity index (χ0n) is 14.0. The molecule has 0 bridgehead atoms. The van der Waals surface area contributed by atoms with E-state index in [4.69, 9.17) is 29.3 Å². The van der Waals surface area contributed by atoms with Crippen molar-refractivity contribution in [3.8, 4) is 11.3 Å². The molecule has 0 fully saturated rings. The van der Waals surface area contributed by atoms with Crippen molar-refractivity contribution in [2.24, 2.45) is 15.2 Å². The van der Waals surface area contributed by atoms with E-state index in [1.165, 1.54) is 6.21 Å². The van der Waals surface area contributed by atoms with Crippen LogP contribution in [0.5, 0.6) is 0 Å². The fraction of sp³-hybridized carbons (Fsp3) is 0.125. The quantitative estimate of drug-likeness (QED) is 0.166. The van der Waals surface area contributed by atoms with Crippen molar-refractivity contribution in [3.05, 3.63) is 48.2 Å². The maximum absolute atomic E-state index is 5.63. The Balaban J connectivity index is 0.00000338. The number of nitrogens with one attached hydrogen (secondary N) is 3. The van der Waals surface area contributed by atoms with Crippen molar-refractivity contribution in [1.82, 2.24) is 16.2 Å². The summed E-state index contributed by atoms with van der Waals surface area (Å²) < 4.78 is 5.63. The zero-order valence-corrected chi connectivity index (χ0v) is 16.6. The van der Waals surface area contributed by atoms with Gasteiger partial charge in [0.25, 0.3) is 0 Å². The van der Waals surface area contributed by atoms with Crippen molar-refractivity contribution >= 4 is 47.1 Å². The van der Waals surface area contributed by atoms with E-state index >= 15 is 0 Å². The van der Waals surface area contributed by atoms with Gasteiger partial charge in [-0.15, -0.1) is 0 Å². The topological polar surface area (TPSA) is 86.3 Å². The first-order chi connectivity index (χ1) is 12.1. The molecule has 0 aliphatic heterocycles. The summed E-state index contributed by atoms with van der Waals surface area (Å²) in [7, 11) is 3.28. The molecule has 140 valence electrons. The minimum Gasteiger partial charge on any atom is -0.741 e. The molecule has 2 aromatic rings. The zero-order chi connectivity index (χ0) is 18.1. The van der Waals surface area contributed by atoms with Gasteiger partial charge in [0.15, 0.2) is 5.11 Å². The monoisotopic (exact) mass is 436 g/mol. The second-order valence-electron chi connectivity index (χ2n) is 4.65. The molecule has 0 radical (unpaired) electrons. The number of thiocarbonyl (C=S) groups is 1. The third-order valence-electron chi connectivity index (χ3n) is 3.01. The molecule has 10 heteroatoms. The number of aliphatic imine (C=N–C) groups is 1. The standard InChI is InChI=1S/C16H18N6OS2.Cu/c1-17-15(24)21-19-9-13(20-22-16(25)18-2)12-8-14(23-10-12)11-6-4-3-5-7-11;/h3-10H,1-2H3,(H2,17,21,24)(H2,18,22,25);/q;+1/p-1/b19-9+,20-13-;. The number of benzene rings is 1. The van der Waals surface area contributed by atoms with Crippen LogP contribution in [0.4, 0.5) is 0 Å². The second-order valence-corrected chi connectivity index (χ2v) is 5.45. The number of hydrazone groups is 2. The molecule has 0 unspecified atom stereocenters. The molecule has 2 rings (SSSR count). The largest absolute Gasteiger partial charge is 1.00 e. The average molecular weight is 437 g/mol. The molecule has 26 heavy (non-hydrogen) atoms. The van der Waals surface area contributed by atoms with E-state index < -0.39 is 0 Å². The van der Waals surface area contributed by atoms with Gasteiger partial charge in [0, 0.05) is 25.2 Å². The molecule has 0 aliphatic carbocycles. The van der Waals surface area contributed by atoms with Gasteiger partial charge in [-0.2, -0.15) is 10.2 Å². The van der Waals surface area contributed by atoms with Crippen molar-refractivity contribution in [3.63, 3.8) is 0 Å². The van der Waals surface area contributed by atoms with Crippen LogP contribution in [0.3, 0.4) is 0 Å². The predicted molar refractivity (Wildman–Crippen MR) is 108 cm³/mol. The van der Waals surface area contributed by atoms with Gasteiger partial charge in [-0.1, -0.05) is 30.3 Å². The number of furan rings is 1. The van der Waals surface area contributed by atoms with Gasteiger partial charge in [-0.25, -0.2) is 0 Å². The molecule has 0 saturated carbocycles. The fourth-order valence-corrected chi connectivity index (χ4v) is 1.86. The Morgan fingerprint density at radius 1 is 1.23 bits per heavy atom. The summed E-state index contributed by atoms with van der Waals surface area (Å²) in [5.41, 5.74) is 7.54. The third-order valence-corrected chi connectivity index (χ3v) is 3.58. The van der Waals surface area contributed by atoms with E-state index in [1.807, 2.05) is 36.4 Å². The Bertz CT molecular complexity index is 804. The van der Waals surface area contributed by atoms with E-state index in [9.17, 15) is 0 Å². The van der Waals surface area contributed by atoms with E-state index in [-0.39, 0.29) is 22.2 Å². The molecule has 0 atom stereocenters. The van der Waals surface area contributed by atoms with Crippen molar-refractivity contribution in [2.45, 2.75) is 0 Å². The Morgan fingerprint density at radius 2 is 1.96 bits per heavy atom. The molecule has 0 spiro atoms. The first kappa shape index (κ1) is 21.8. The van der Waals surface area contributed by atoms with Crippen LogP contribution in [0, 0.1) is 0 Å². The first-order valence-corrected chi connectivity index (χ1v) is 8.08. The summed E-state index contributed by atoms with van der Waals surface area (Å²) in [4.78, 5) is 3.83. The predicted octanol–water partition coefficient (Wildman–Crippen LogP) is 1.85. The number of hydrogen-bond donors (Lipinski definition) is 3. The molecule has 3 N–H and O–H groups in total. The van der Waals surface area contributed by atoms with Crippen LogP contribution in [0.25, 0.3) is 11.3 Å². The third kappa shape index (κ3) is 6.57. The van der Waals surface area contributed by atoms with Gasteiger partial charge in [-0.3, -0.25) is 15.8 Å². The Morgan fingerprint density at radius 3 is 2.62 bits per heavy atom. The van der Waals surface area contributed by atoms with Crippen LogP contribution in [0.2, 0.25) is 0 Å². The minimum absolute atomic E-state index is 0. The number of rotatable bonds is 5. The summed E-state index contributed by atoms with van der Waals surface area (Å²) in [6, 6.07) is 11.6. The van der Waals surface area contributed by atoms with Gasteiger partial charge in [0.1, 0.15) is 17.7 Å². The first-order valence-electron chi connectivity index (χ1n) is 7.26. The molecule has 0 saturated heterocycles. The van der Waals surface area contributed by atoms with Crippen molar-refractivity contribution < 1.29 is 21.5 Å². The SMILES string of the molecule is CN=C([S-])N/N=C(/C=N/NC(=S)NC)c1coc(-c2ccccc2)c1.[Cu+]. The minimum atomic E-state index is 0. The molecular weight excluding hydrogens is 420 g/mol. The van der Waals surface area contributed by atoms with Gasteiger partial charge in [0.2, 0.25) is 0 Å². The van der Waals surface area contributed by atoms with E-state index in [1.54, 1.807) is 20.4 Å². The molecule has 1 heterocycles. The van der Waals surface area contributed by atoms with Crippen LogP contribution in [-0.4, -0.2) is 36.3 Å². The normalized spacial score (nSPS) is 11.8. The Hall–Kier alpha value is -2.26. The van der Waals surface area contributed by atoms with E-state index in [0.717, 1.165) is 16.9 Å². The molecule has 0 amide bonds. The number of amidine groups is 1. The average Bonchev–Trinajstić information content (AvgIpc) is 3.14. The summed E-state index contributed by atoms with van der Waals surface area (Å²) in [6.45, 7) is 0. The second kappa shape index (κ2) is 11.4. The van der Waals surface area contributed by atoms with Crippen molar-refractivity contribution in [2.75, 3.05) is 14.1 Å². The maximum Gasteiger partial charge on any atom is 1.00 e. The number of nitrogens with zero attached hydrogens (tertiary/aromatic N) is 3. The Kier molecular flexibility index (Phi) is 9.53. The van der Waals surface area contributed by atoms with Gasteiger partial charge < -0.3 is 22.4 Å². The van der Waals surface area contributed by atoms with Gasteiger partial charge in [-0.05, 0) is 23.5 Å². The van der Waals surface area contributed by atoms with Crippen molar-refractivity contribution in [1.29, 1.82) is 0 Å². The number of hydrogen-bond acceptors (Lipinski definition) is 6.